The van der Waals surface area contributed by atoms with E-state index in [2.05, 4.69) is 25.8 Å². The minimum Gasteiger partial charge on any atom is -0.465 e. The molecular weight excluding hydrogens is 406 g/mol. The van der Waals surface area contributed by atoms with Gasteiger partial charge in [0.1, 0.15) is 0 Å². The predicted molar refractivity (Wildman–Crippen MR) is 113 cm³/mol. The van der Waals surface area contributed by atoms with Crippen LogP contribution in [0.3, 0.4) is 0 Å². The van der Waals surface area contributed by atoms with Gasteiger partial charge >= 0.3 is 5.97 Å². The minimum absolute atomic E-state index is 0.0638. The average molecular weight is 425 g/mol. The highest BCUT2D eigenvalue weighted by atomic mass is 32.2. The molecular formula is C20H19N5O4S. The van der Waals surface area contributed by atoms with Crippen LogP contribution in [0.15, 0.2) is 53.7 Å². The van der Waals surface area contributed by atoms with E-state index < -0.39 is 5.97 Å². The van der Waals surface area contributed by atoms with E-state index in [4.69, 9.17) is 4.74 Å². The summed E-state index contributed by atoms with van der Waals surface area (Å²) in [5.41, 5.74) is 2.13. The number of ether oxygens (including phenoxy) is 1. The number of hydrogen-bond donors (Lipinski definition) is 3. The number of aromatic amines is 1. The molecule has 0 unspecified atom stereocenters. The Kier molecular flexibility index (Phi) is 6.81. The van der Waals surface area contributed by atoms with Crippen LogP contribution < -0.4 is 10.6 Å². The Hall–Kier alpha value is -3.66. The minimum atomic E-state index is -0.526. The molecule has 2 aromatic carbocycles. The van der Waals surface area contributed by atoms with Crippen LogP contribution in [0.25, 0.3) is 11.4 Å². The number of nitrogens with zero attached hydrogens (tertiary/aromatic N) is 2. The fourth-order valence-corrected chi connectivity index (χ4v) is 3.15. The fourth-order valence-electron chi connectivity index (χ4n) is 2.55. The summed E-state index contributed by atoms with van der Waals surface area (Å²) in [6.45, 7) is 1.44. The van der Waals surface area contributed by atoms with Gasteiger partial charge in [-0.2, -0.15) is 0 Å². The molecule has 0 spiro atoms. The number of esters is 1. The Morgan fingerprint density at radius 1 is 1.07 bits per heavy atom. The number of methoxy groups -OCH3 is 1. The zero-order valence-electron chi connectivity index (χ0n) is 16.3. The third-order valence-electron chi connectivity index (χ3n) is 3.88. The van der Waals surface area contributed by atoms with Crippen LogP contribution in [-0.2, 0) is 14.3 Å². The molecule has 1 heterocycles. The molecule has 0 aliphatic heterocycles. The van der Waals surface area contributed by atoms with E-state index in [0.717, 1.165) is 17.3 Å². The topological polar surface area (TPSA) is 126 Å². The molecule has 30 heavy (non-hydrogen) atoms. The van der Waals surface area contributed by atoms with Crippen LogP contribution in [0.1, 0.15) is 17.3 Å². The van der Waals surface area contributed by atoms with E-state index in [1.807, 2.05) is 0 Å². The van der Waals surface area contributed by atoms with Crippen molar-refractivity contribution in [3.8, 4) is 11.4 Å². The molecule has 9 nitrogen and oxygen atoms in total. The first-order chi connectivity index (χ1) is 14.5. The highest BCUT2D eigenvalue weighted by molar-refractivity contribution is 7.99. The van der Waals surface area contributed by atoms with E-state index in [1.54, 1.807) is 48.5 Å². The third-order valence-corrected chi connectivity index (χ3v) is 4.73. The Labute approximate surface area is 176 Å². The van der Waals surface area contributed by atoms with Gasteiger partial charge in [-0.05, 0) is 36.4 Å². The smallest absolute Gasteiger partial charge is 0.339 e. The maximum atomic E-state index is 12.3. The van der Waals surface area contributed by atoms with Gasteiger partial charge in [0, 0.05) is 18.2 Å². The van der Waals surface area contributed by atoms with Crippen molar-refractivity contribution >= 4 is 40.9 Å². The molecule has 3 N–H and O–H groups in total. The van der Waals surface area contributed by atoms with Crippen LogP contribution >= 0.6 is 11.8 Å². The fraction of sp³-hybridized carbons (Fsp3) is 0.150. The molecule has 0 radical (unpaired) electrons. The lowest BCUT2D eigenvalue weighted by atomic mass is 10.2. The second-order valence-corrected chi connectivity index (χ2v) is 7.04. The molecule has 0 aliphatic carbocycles. The highest BCUT2D eigenvalue weighted by Gasteiger charge is 2.14. The number of rotatable bonds is 7. The Morgan fingerprint density at radius 2 is 1.80 bits per heavy atom. The number of carbonyl (C=O) groups is 3. The summed E-state index contributed by atoms with van der Waals surface area (Å²) in [6.07, 6.45) is 0. The Morgan fingerprint density at radius 3 is 2.50 bits per heavy atom. The van der Waals surface area contributed by atoms with Gasteiger partial charge in [-0.3, -0.25) is 14.7 Å². The molecule has 3 aromatic rings. The lowest BCUT2D eigenvalue weighted by Gasteiger charge is -2.08. The van der Waals surface area contributed by atoms with Crippen LogP contribution in [-0.4, -0.2) is 45.8 Å². The van der Waals surface area contributed by atoms with Crippen LogP contribution in [0.5, 0.6) is 0 Å². The van der Waals surface area contributed by atoms with E-state index in [9.17, 15) is 14.4 Å². The first-order valence-electron chi connectivity index (χ1n) is 8.86. The molecule has 2 amide bonds. The number of thioether (sulfide) groups is 1. The maximum Gasteiger partial charge on any atom is 0.339 e. The van der Waals surface area contributed by atoms with Gasteiger partial charge in [-0.15, -0.1) is 5.10 Å². The number of hydrogen-bond acceptors (Lipinski definition) is 7. The van der Waals surface area contributed by atoms with E-state index in [0.29, 0.717) is 22.4 Å². The molecule has 0 atom stereocenters. The maximum absolute atomic E-state index is 12.3. The van der Waals surface area contributed by atoms with E-state index in [1.165, 1.54) is 14.0 Å². The molecule has 0 aliphatic rings. The first kappa shape index (κ1) is 21.1. The molecule has 10 heteroatoms. The van der Waals surface area contributed by atoms with Gasteiger partial charge in [-0.1, -0.05) is 23.9 Å². The lowest BCUT2D eigenvalue weighted by Crippen LogP contribution is -2.17. The van der Waals surface area contributed by atoms with Crippen molar-refractivity contribution in [2.45, 2.75) is 12.1 Å². The number of nitrogens with one attached hydrogen (secondary N) is 3. The van der Waals surface area contributed by atoms with Crippen LogP contribution in [0.2, 0.25) is 0 Å². The number of anilines is 2. The van der Waals surface area contributed by atoms with Crippen LogP contribution in [0.4, 0.5) is 11.4 Å². The number of H-pyrrole nitrogens is 1. The number of amides is 2. The van der Waals surface area contributed by atoms with Gasteiger partial charge in [0.2, 0.25) is 17.0 Å². The molecule has 3 rings (SSSR count). The van der Waals surface area contributed by atoms with Crippen molar-refractivity contribution in [2.75, 3.05) is 23.5 Å². The Balaban J connectivity index is 1.59. The lowest BCUT2D eigenvalue weighted by molar-refractivity contribution is -0.114. The number of carbonyl (C=O) groups excluding carboxylic acids is 3. The Bertz CT molecular complexity index is 1070. The zero-order chi connectivity index (χ0) is 21.5. The molecule has 154 valence electrons. The quantitative estimate of drug-likeness (QED) is 0.392. The van der Waals surface area contributed by atoms with Gasteiger partial charge in [-0.25, -0.2) is 9.78 Å². The van der Waals surface area contributed by atoms with Crippen molar-refractivity contribution in [1.82, 2.24) is 15.2 Å². The highest BCUT2D eigenvalue weighted by Crippen LogP contribution is 2.22. The van der Waals surface area contributed by atoms with Gasteiger partial charge in [0.05, 0.1) is 24.1 Å². The molecule has 0 bridgehead atoms. The van der Waals surface area contributed by atoms with Crippen molar-refractivity contribution in [1.29, 1.82) is 0 Å². The van der Waals surface area contributed by atoms with Gasteiger partial charge in [0.15, 0.2) is 5.82 Å². The summed E-state index contributed by atoms with van der Waals surface area (Å²) in [5.74, 6) is -0.366. The summed E-state index contributed by atoms with van der Waals surface area (Å²) in [6, 6.07) is 13.7. The average Bonchev–Trinajstić information content (AvgIpc) is 3.21. The second-order valence-electron chi connectivity index (χ2n) is 6.10. The molecule has 0 fully saturated rings. The van der Waals surface area contributed by atoms with Gasteiger partial charge < -0.3 is 15.4 Å². The van der Waals surface area contributed by atoms with Crippen molar-refractivity contribution in [3.05, 3.63) is 54.1 Å². The monoisotopic (exact) mass is 425 g/mol. The normalized spacial score (nSPS) is 10.3. The summed E-state index contributed by atoms with van der Waals surface area (Å²) < 4.78 is 4.72. The van der Waals surface area contributed by atoms with Crippen molar-refractivity contribution < 1.29 is 19.1 Å². The van der Waals surface area contributed by atoms with Crippen molar-refractivity contribution in [3.63, 3.8) is 0 Å². The summed E-state index contributed by atoms with van der Waals surface area (Å²) >= 11 is 1.16. The molecule has 0 saturated heterocycles. The zero-order valence-corrected chi connectivity index (χ0v) is 17.1. The largest absolute Gasteiger partial charge is 0.465 e. The third kappa shape index (κ3) is 5.45. The number of benzene rings is 2. The SMILES string of the molecule is COC(=O)c1ccccc1NC(=O)CSc1n[nH]c(-c2ccc(NC(C)=O)cc2)n1. The van der Waals surface area contributed by atoms with E-state index in [-0.39, 0.29) is 23.1 Å². The first-order valence-corrected chi connectivity index (χ1v) is 9.85. The molecule has 0 saturated carbocycles. The second kappa shape index (κ2) is 9.70. The standard InChI is InChI=1S/C20H19N5O4S/c1-12(26)21-14-9-7-13(8-10-14)18-23-20(25-24-18)30-11-17(27)22-16-6-4-3-5-15(16)19(28)29-2/h3-10H,11H2,1-2H3,(H,21,26)(H,22,27)(H,23,24,25). The number of aromatic nitrogens is 3. The predicted octanol–water partition coefficient (Wildman–Crippen LogP) is 2.95. The molecule has 1 aromatic heterocycles. The summed E-state index contributed by atoms with van der Waals surface area (Å²) in [4.78, 5) is 39.5. The summed E-state index contributed by atoms with van der Waals surface area (Å²) in [7, 11) is 1.28. The van der Waals surface area contributed by atoms with E-state index >= 15 is 0 Å². The number of para-hydroxylation sites is 1. The van der Waals surface area contributed by atoms with Crippen LogP contribution in [0, 0.1) is 0 Å². The van der Waals surface area contributed by atoms with Gasteiger partial charge in [0.25, 0.3) is 0 Å². The summed E-state index contributed by atoms with van der Waals surface area (Å²) in [5, 5.41) is 12.7. The van der Waals surface area contributed by atoms with Crippen molar-refractivity contribution in [2.24, 2.45) is 0 Å².